The number of carbonyl (C=O) groups excluding carboxylic acids is 1. The summed E-state index contributed by atoms with van der Waals surface area (Å²) in [5.74, 6) is 1.78. The van der Waals surface area contributed by atoms with Crippen molar-refractivity contribution in [2.24, 2.45) is 5.92 Å². The average Bonchev–Trinajstić information content (AvgIpc) is 2.63. The lowest BCUT2D eigenvalue weighted by molar-refractivity contribution is -0.136. The molecule has 7 heteroatoms. The van der Waals surface area contributed by atoms with Gasteiger partial charge in [0.2, 0.25) is 5.91 Å². The molecule has 0 aromatic carbocycles. The molecule has 23 heavy (non-hydrogen) atoms. The zero-order chi connectivity index (χ0) is 16.1. The Kier molecular flexibility index (Phi) is 5.72. The van der Waals surface area contributed by atoms with Crippen molar-refractivity contribution in [2.75, 3.05) is 50.5 Å². The fourth-order valence-electron chi connectivity index (χ4n) is 3.16. The molecule has 126 valence electrons. The molecular weight excluding hydrogens is 312 g/mol. The molecule has 1 aromatic heterocycles. The van der Waals surface area contributed by atoms with Crippen LogP contribution in [0.5, 0.6) is 0 Å². The number of thioether (sulfide) groups is 1. The SMILES string of the molecule is CSc1nccc(N2CCC(CC(=O)N3CCOCC3)CC2)n1. The third-order valence-corrected chi connectivity index (χ3v) is 5.13. The number of amides is 1. The third-order valence-electron chi connectivity index (χ3n) is 4.57. The van der Waals surface area contributed by atoms with Crippen LogP contribution in [0, 0.1) is 5.92 Å². The maximum absolute atomic E-state index is 12.3. The van der Waals surface area contributed by atoms with Crippen LogP contribution in [0.4, 0.5) is 5.82 Å². The number of hydrogen-bond donors (Lipinski definition) is 0. The normalized spacial score (nSPS) is 19.9. The molecule has 2 aliphatic heterocycles. The molecule has 0 atom stereocenters. The molecule has 1 amide bonds. The van der Waals surface area contributed by atoms with Gasteiger partial charge in [-0.2, -0.15) is 0 Å². The highest BCUT2D eigenvalue weighted by Gasteiger charge is 2.25. The van der Waals surface area contributed by atoms with Gasteiger partial charge >= 0.3 is 0 Å². The quantitative estimate of drug-likeness (QED) is 0.616. The number of ether oxygens (including phenoxy) is 1. The van der Waals surface area contributed by atoms with Crippen molar-refractivity contribution in [3.63, 3.8) is 0 Å². The minimum Gasteiger partial charge on any atom is -0.378 e. The van der Waals surface area contributed by atoms with E-state index < -0.39 is 0 Å². The van der Waals surface area contributed by atoms with E-state index in [0.717, 1.165) is 50.0 Å². The average molecular weight is 336 g/mol. The van der Waals surface area contributed by atoms with Gasteiger partial charge < -0.3 is 14.5 Å². The second-order valence-corrected chi connectivity index (χ2v) is 6.80. The fraction of sp³-hybridized carbons (Fsp3) is 0.688. The molecule has 2 fully saturated rings. The molecule has 0 radical (unpaired) electrons. The van der Waals surface area contributed by atoms with Crippen LogP contribution in [0.25, 0.3) is 0 Å². The molecular formula is C16H24N4O2S. The first-order valence-electron chi connectivity index (χ1n) is 8.24. The van der Waals surface area contributed by atoms with Gasteiger partial charge in [-0.1, -0.05) is 11.8 Å². The summed E-state index contributed by atoms with van der Waals surface area (Å²) in [5.41, 5.74) is 0. The number of nitrogens with zero attached hydrogens (tertiary/aromatic N) is 4. The number of piperidine rings is 1. The van der Waals surface area contributed by atoms with Crippen LogP contribution in [-0.2, 0) is 9.53 Å². The van der Waals surface area contributed by atoms with Crippen molar-refractivity contribution in [2.45, 2.75) is 24.4 Å². The summed E-state index contributed by atoms with van der Waals surface area (Å²) in [6.45, 7) is 4.77. The summed E-state index contributed by atoms with van der Waals surface area (Å²) >= 11 is 1.56. The van der Waals surface area contributed by atoms with Crippen LogP contribution in [0.2, 0.25) is 0 Å². The van der Waals surface area contributed by atoms with Gasteiger partial charge in [-0.15, -0.1) is 0 Å². The summed E-state index contributed by atoms with van der Waals surface area (Å²) in [4.78, 5) is 25.4. The molecule has 3 heterocycles. The Morgan fingerprint density at radius 3 is 2.74 bits per heavy atom. The topological polar surface area (TPSA) is 58.6 Å². The second-order valence-electron chi connectivity index (χ2n) is 6.03. The Morgan fingerprint density at radius 2 is 2.04 bits per heavy atom. The van der Waals surface area contributed by atoms with E-state index in [1.54, 1.807) is 11.8 Å². The first kappa shape index (κ1) is 16.5. The van der Waals surface area contributed by atoms with Crippen LogP contribution in [0.15, 0.2) is 17.4 Å². The molecule has 0 spiro atoms. The van der Waals surface area contributed by atoms with Gasteiger partial charge in [0.15, 0.2) is 5.16 Å². The summed E-state index contributed by atoms with van der Waals surface area (Å²) in [7, 11) is 0. The van der Waals surface area contributed by atoms with Crippen LogP contribution >= 0.6 is 11.8 Å². The van der Waals surface area contributed by atoms with E-state index in [4.69, 9.17) is 4.74 Å². The summed E-state index contributed by atoms with van der Waals surface area (Å²) in [6.07, 6.45) is 6.59. The standard InChI is InChI=1S/C16H24N4O2S/c1-23-16-17-5-2-14(18-16)19-6-3-13(4-7-19)12-15(21)20-8-10-22-11-9-20/h2,5,13H,3-4,6-12H2,1H3. The summed E-state index contributed by atoms with van der Waals surface area (Å²) in [5, 5.41) is 0.812. The van der Waals surface area contributed by atoms with Crippen molar-refractivity contribution in [3.05, 3.63) is 12.3 Å². The van der Waals surface area contributed by atoms with Crippen molar-refractivity contribution < 1.29 is 9.53 Å². The molecule has 0 N–H and O–H groups in total. The van der Waals surface area contributed by atoms with Gasteiger partial charge in [0.05, 0.1) is 13.2 Å². The maximum Gasteiger partial charge on any atom is 0.223 e. The molecule has 1 aromatic rings. The second kappa shape index (κ2) is 7.97. The number of aromatic nitrogens is 2. The van der Waals surface area contributed by atoms with E-state index in [9.17, 15) is 4.79 Å². The number of hydrogen-bond acceptors (Lipinski definition) is 6. The zero-order valence-corrected chi connectivity index (χ0v) is 14.4. The van der Waals surface area contributed by atoms with Crippen molar-refractivity contribution in [1.29, 1.82) is 0 Å². The van der Waals surface area contributed by atoms with Gasteiger partial charge in [-0.25, -0.2) is 9.97 Å². The van der Waals surface area contributed by atoms with Crippen LogP contribution < -0.4 is 4.90 Å². The Labute approximate surface area is 141 Å². The molecule has 6 nitrogen and oxygen atoms in total. The summed E-state index contributed by atoms with van der Waals surface area (Å²) in [6, 6.07) is 1.97. The Morgan fingerprint density at radius 1 is 1.30 bits per heavy atom. The number of morpholine rings is 1. The third kappa shape index (κ3) is 4.35. The lowest BCUT2D eigenvalue weighted by Gasteiger charge is -2.34. The van der Waals surface area contributed by atoms with Gasteiger partial charge in [-0.05, 0) is 31.1 Å². The first-order valence-corrected chi connectivity index (χ1v) is 9.46. The fourth-order valence-corrected chi connectivity index (χ4v) is 3.51. The molecule has 3 rings (SSSR count). The van der Waals surface area contributed by atoms with E-state index in [-0.39, 0.29) is 0 Å². The maximum atomic E-state index is 12.3. The van der Waals surface area contributed by atoms with Gasteiger partial charge in [0.1, 0.15) is 5.82 Å². The van der Waals surface area contributed by atoms with Crippen LogP contribution in [0.1, 0.15) is 19.3 Å². The lowest BCUT2D eigenvalue weighted by atomic mass is 9.93. The highest BCUT2D eigenvalue weighted by Crippen LogP contribution is 2.25. The predicted molar refractivity (Wildman–Crippen MR) is 90.8 cm³/mol. The molecule has 2 saturated heterocycles. The molecule has 0 bridgehead atoms. The van der Waals surface area contributed by atoms with E-state index in [2.05, 4.69) is 14.9 Å². The Bertz CT molecular complexity index is 529. The van der Waals surface area contributed by atoms with Crippen molar-refractivity contribution >= 4 is 23.5 Å². The van der Waals surface area contributed by atoms with Crippen molar-refractivity contribution in [1.82, 2.24) is 14.9 Å². The van der Waals surface area contributed by atoms with Crippen LogP contribution in [0.3, 0.4) is 0 Å². The molecule has 2 aliphatic rings. The van der Waals surface area contributed by atoms with E-state index in [0.29, 0.717) is 31.5 Å². The zero-order valence-electron chi connectivity index (χ0n) is 13.6. The van der Waals surface area contributed by atoms with Crippen molar-refractivity contribution in [3.8, 4) is 0 Å². The predicted octanol–water partition coefficient (Wildman–Crippen LogP) is 1.66. The van der Waals surface area contributed by atoms with Gasteiger partial charge in [0, 0.05) is 38.8 Å². The highest BCUT2D eigenvalue weighted by atomic mass is 32.2. The van der Waals surface area contributed by atoms with E-state index in [1.165, 1.54) is 0 Å². The van der Waals surface area contributed by atoms with Crippen LogP contribution in [-0.4, -0.2) is 66.4 Å². The van der Waals surface area contributed by atoms with E-state index >= 15 is 0 Å². The Hall–Kier alpha value is -1.34. The summed E-state index contributed by atoms with van der Waals surface area (Å²) < 4.78 is 5.31. The largest absolute Gasteiger partial charge is 0.378 e. The number of carbonyl (C=O) groups is 1. The highest BCUT2D eigenvalue weighted by molar-refractivity contribution is 7.98. The lowest BCUT2D eigenvalue weighted by Crippen LogP contribution is -2.42. The molecule has 0 unspecified atom stereocenters. The number of rotatable bonds is 4. The smallest absolute Gasteiger partial charge is 0.223 e. The van der Waals surface area contributed by atoms with Gasteiger partial charge in [-0.3, -0.25) is 4.79 Å². The Balaban J connectivity index is 1.49. The first-order chi connectivity index (χ1) is 11.3. The number of anilines is 1. The minimum absolute atomic E-state index is 0.290. The minimum atomic E-state index is 0.290. The van der Waals surface area contributed by atoms with Gasteiger partial charge in [0.25, 0.3) is 0 Å². The van der Waals surface area contributed by atoms with E-state index in [1.807, 2.05) is 23.4 Å². The molecule has 0 saturated carbocycles. The monoisotopic (exact) mass is 336 g/mol. The molecule has 0 aliphatic carbocycles.